The van der Waals surface area contributed by atoms with Gasteiger partial charge in [0.1, 0.15) is 11.4 Å². The van der Waals surface area contributed by atoms with Crippen LogP contribution in [0.3, 0.4) is 0 Å². The van der Waals surface area contributed by atoms with Crippen LogP contribution < -0.4 is 5.32 Å². The van der Waals surface area contributed by atoms with Gasteiger partial charge >= 0.3 is 0 Å². The van der Waals surface area contributed by atoms with Gasteiger partial charge in [-0.25, -0.2) is 0 Å². The average Bonchev–Trinajstić information content (AvgIpc) is 2.85. The third-order valence-electron chi connectivity index (χ3n) is 3.13. The third-order valence-corrected chi connectivity index (χ3v) is 3.13. The molecule has 0 aliphatic carbocycles. The minimum Gasteiger partial charge on any atom is -0.396 e. The molecule has 1 heterocycles. The normalized spacial score (nSPS) is 10.9. The molecule has 2 N–H and O–H groups in total. The number of hydrogen-bond acceptors (Lipinski definition) is 4. The molecule has 108 valence electrons. The van der Waals surface area contributed by atoms with Gasteiger partial charge < -0.3 is 10.4 Å². The smallest absolute Gasteiger partial charge is 0.117 e. The number of unbranched alkanes of at least 4 members (excludes halogenated alkanes) is 2. The molecule has 0 radical (unpaired) electrons. The zero-order valence-corrected chi connectivity index (χ0v) is 11.9. The van der Waals surface area contributed by atoms with Crippen molar-refractivity contribution in [2.24, 2.45) is 7.05 Å². The highest BCUT2D eigenvalue weighted by molar-refractivity contribution is 5.60. The number of aromatic nitrogens is 3. The highest BCUT2D eigenvalue weighted by atomic mass is 16.2. The van der Waals surface area contributed by atoms with Crippen molar-refractivity contribution in [3.05, 3.63) is 36.0 Å². The number of nitrogens with zero attached hydrogens (tertiary/aromatic N) is 3. The van der Waals surface area contributed by atoms with Gasteiger partial charge in [0.25, 0.3) is 0 Å². The molecule has 1 aromatic carbocycles. The summed E-state index contributed by atoms with van der Waals surface area (Å²) in [6.07, 6.45) is 3.00. The third kappa shape index (κ3) is 4.15. The van der Waals surface area contributed by atoms with E-state index in [0.29, 0.717) is 0 Å². The number of aliphatic hydroxyl groups is 1. The van der Waals surface area contributed by atoms with Crippen LogP contribution in [0.1, 0.15) is 25.0 Å². The lowest BCUT2D eigenvalue weighted by Crippen LogP contribution is -2.15. The Morgan fingerprint density at radius 1 is 1.10 bits per heavy atom. The Kier molecular flexibility index (Phi) is 5.70. The first-order chi connectivity index (χ1) is 9.81. The van der Waals surface area contributed by atoms with Crippen molar-refractivity contribution in [3.63, 3.8) is 0 Å². The van der Waals surface area contributed by atoms with Gasteiger partial charge in [0, 0.05) is 25.8 Å². The quantitative estimate of drug-likeness (QED) is 0.720. The Hall–Kier alpha value is -1.72. The van der Waals surface area contributed by atoms with Crippen LogP contribution in [0.5, 0.6) is 0 Å². The van der Waals surface area contributed by atoms with E-state index < -0.39 is 0 Å². The maximum absolute atomic E-state index is 8.72. The molecular formula is C15H22N4O. The molecule has 0 amide bonds. The maximum atomic E-state index is 8.72. The Morgan fingerprint density at radius 2 is 1.90 bits per heavy atom. The minimum atomic E-state index is 0.280. The predicted molar refractivity (Wildman–Crippen MR) is 79.1 cm³/mol. The second-order valence-electron chi connectivity index (χ2n) is 4.81. The lowest BCUT2D eigenvalue weighted by molar-refractivity contribution is 0.283. The van der Waals surface area contributed by atoms with Crippen molar-refractivity contribution in [3.8, 4) is 11.3 Å². The topological polar surface area (TPSA) is 63.0 Å². The van der Waals surface area contributed by atoms with Gasteiger partial charge in [0.05, 0.1) is 0 Å². The van der Waals surface area contributed by atoms with Crippen molar-refractivity contribution in [1.29, 1.82) is 0 Å². The van der Waals surface area contributed by atoms with Gasteiger partial charge in [-0.1, -0.05) is 30.3 Å². The zero-order chi connectivity index (χ0) is 14.2. The number of nitrogens with one attached hydrogen (secondary N) is 1. The van der Waals surface area contributed by atoms with E-state index >= 15 is 0 Å². The van der Waals surface area contributed by atoms with Gasteiger partial charge in [0.15, 0.2) is 0 Å². The summed E-state index contributed by atoms with van der Waals surface area (Å²) in [7, 11) is 1.84. The van der Waals surface area contributed by atoms with E-state index in [0.717, 1.165) is 49.3 Å². The number of aryl methyl sites for hydroxylation is 1. The molecule has 5 nitrogen and oxygen atoms in total. The molecule has 0 atom stereocenters. The summed E-state index contributed by atoms with van der Waals surface area (Å²) in [5, 5.41) is 21.0. The lowest BCUT2D eigenvalue weighted by Gasteiger charge is -2.04. The first-order valence-corrected chi connectivity index (χ1v) is 7.08. The van der Waals surface area contributed by atoms with E-state index in [4.69, 9.17) is 5.11 Å². The predicted octanol–water partition coefficient (Wildman–Crippen LogP) is 1.73. The fourth-order valence-corrected chi connectivity index (χ4v) is 2.13. The number of rotatable bonds is 8. The molecule has 20 heavy (non-hydrogen) atoms. The number of hydrogen-bond donors (Lipinski definition) is 2. The first-order valence-electron chi connectivity index (χ1n) is 7.08. The molecule has 0 aliphatic rings. The monoisotopic (exact) mass is 274 g/mol. The van der Waals surface area contributed by atoms with E-state index in [2.05, 4.69) is 27.6 Å². The molecular weight excluding hydrogens is 252 g/mol. The van der Waals surface area contributed by atoms with Crippen molar-refractivity contribution < 1.29 is 5.11 Å². The van der Waals surface area contributed by atoms with Crippen LogP contribution >= 0.6 is 0 Å². The summed E-state index contributed by atoms with van der Waals surface area (Å²) in [5.41, 5.74) is 3.01. The van der Waals surface area contributed by atoms with Crippen molar-refractivity contribution >= 4 is 0 Å². The highest BCUT2D eigenvalue weighted by Gasteiger charge is 2.10. The van der Waals surface area contributed by atoms with Gasteiger partial charge in [-0.2, -0.15) is 15.0 Å². The molecule has 0 unspecified atom stereocenters. The van der Waals surface area contributed by atoms with Crippen molar-refractivity contribution in [1.82, 2.24) is 20.3 Å². The van der Waals surface area contributed by atoms with E-state index in [1.807, 2.05) is 25.2 Å². The SMILES string of the molecule is Cn1nc(CNCCCCCO)c(-c2ccccc2)n1. The Morgan fingerprint density at radius 3 is 2.65 bits per heavy atom. The molecule has 0 bridgehead atoms. The summed E-state index contributed by atoms with van der Waals surface area (Å²) in [5.74, 6) is 0. The van der Waals surface area contributed by atoms with E-state index in [1.54, 1.807) is 4.80 Å². The molecule has 5 heteroatoms. The van der Waals surface area contributed by atoms with Crippen LogP contribution in [0, 0.1) is 0 Å². The summed E-state index contributed by atoms with van der Waals surface area (Å²) in [6.45, 7) is 1.93. The van der Waals surface area contributed by atoms with Gasteiger partial charge in [0.2, 0.25) is 0 Å². The van der Waals surface area contributed by atoms with Crippen LogP contribution in [-0.2, 0) is 13.6 Å². The second-order valence-corrected chi connectivity index (χ2v) is 4.81. The maximum Gasteiger partial charge on any atom is 0.117 e. The zero-order valence-electron chi connectivity index (χ0n) is 11.9. The number of benzene rings is 1. The average molecular weight is 274 g/mol. The van der Waals surface area contributed by atoms with E-state index in [-0.39, 0.29) is 6.61 Å². The van der Waals surface area contributed by atoms with Gasteiger partial charge in [-0.15, -0.1) is 0 Å². The summed E-state index contributed by atoms with van der Waals surface area (Å²) < 4.78 is 0. The van der Waals surface area contributed by atoms with Gasteiger partial charge in [-0.3, -0.25) is 0 Å². The fourth-order valence-electron chi connectivity index (χ4n) is 2.13. The molecule has 0 saturated carbocycles. The van der Waals surface area contributed by atoms with E-state index in [1.165, 1.54) is 0 Å². The second kappa shape index (κ2) is 7.77. The Balaban J connectivity index is 1.92. The first kappa shape index (κ1) is 14.7. The lowest BCUT2D eigenvalue weighted by atomic mass is 10.1. The number of aliphatic hydroxyl groups excluding tert-OH is 1. The summed E-state index contributed by atoms with van der Waals surface area (Å²) in [6, 6.07) is 10.1. The van der Waals surface area contributed by atoms with Crippen LogP contribution in [-0.4, -0.2) is 33.3 Å². The van der Waals surface area contributed by atoms with Crippen LogP contribution in [0.25, 0.3) is 11.3 Å². The molecule has 0 fully saturated rings. The molecule has 2 rings (SSSR count). The molecule has 0 saturated heterocycles. The molecule has 1 aromatic heterocycles. The van der Waals surface area contributed by atoms with Crippen LogP contribution in [0.15, 0.2) is 30.3 Å². The largest absolute Gasteiger partial charge is 0.396 e. The molecule has 0 spiro atoms. The van der Waals surface area contributed by atoms with Gasteiger partial charge in [-0.05, 0) is 25.8 Å². The van der Waals surface area contributed by atoms with Crippen molar-refractivity contribution in [2.75, 3.05) is 13.2 Å². The molecule has 2 aromatic rings. The fraction of sp³-hybridized carbons (Fsp3) is 0.467. The Labute approximate surface area is 119 Å². The Bertz CT molecular complexity index is 510. The highest BCUT2D eigenvalue weighted by Crippen LogP contribution is 2.19. The standard InChI is InChI=1S/C15H22N4O/c1-19-17-14(12-16-10-6-3-7-11-20)15(18-19)13-8-4-2-5-9-13/h2,4-5,8-9,16,20H,3,6-7,10-12H2,1H3. The summed E-state index contributed by atoms with van der Waals surface area (Å²) in [4.78, 5) is 1.62. The summed E-state index contributed by atoms with van der Waals surface area (Å²) >= 11 is 0. The minimum absolute atomic E-state index is 0.280. The van der Waals surface area contributed by atoms with E-state index in [9.17, 15) is 0 Å². The van der Waals surface area contributed by atoms with Crippen LogP contribution in [0.2, 0.25) is 0 Å². The van der Waals surface area contributed by atoms with Crippen LogP contribution in [0.4, 0.5) is 0 Å². The van der Waals surface area contributed by atoms with Crippen molar-refractivity contribution in [2.45, 2.75) is 25.8 Å². The molecule has 0 aliphatic heterocycles.